The summed E-state index contributed by atoms with van der Waals surface area (Å²) in [5.41, 5.74) is 6.25. The molecule has 0 bridgehead atoms. The highest BCUT2D eigenvalue weighted by Gasteiger charge is 2.18. The summed E-state index contributed by atoms with van der Waals surface area (Å²) >= 11 is 2.21. The van der Waals surface area contributed by atoms with Crippen LogP contribution in [0.3, 0.4) is 0 Å². The molecule has 0 saturated carbocycles. The van der Waals surface area contributed by atoms with Gasteiger partial charge < -0.3 is 20.1 Å². The summed E-state index contributed by atoms with van der Waals surface area (Å²) in [7, 11) is 2.16. The normalized spacial score (nSPS) is 13.9. The monoisotopic (exact) mass is 622 g/mol. The number of halogens is 1. The van der Waals surface area contributed by atoms with Gasteiger partial charge in [-0.25, -0.2) is 4.98 Å². The minimum Gasteiger partial charge on any atom is -0.367 e. The molecule has 10 heteroatoms. The highest BCUT2D eigenvalue weighted by atomic mass is 127. The summed E-state index contributed by atoms with van der Waals surface area (Å²) in [5.74, 6) is 0.675. The summed E-state index contributed by atoms with van der Waals surface area (Å²) in [6.45, 7) is 6.00. The largest absolute Gasteiger partial charge is 0.367 e. The summed E-state index contributed by atoms with van der Waals surface area (Å²) < 4.78 is 0.857. The second-order valence-electron chi connectivity index (χ2n) is 9.39. The molecule has 3 N–H and O–H groups in total. The second kappa shape index (κ2) is 11.9. The van der Waals surface area contributed by atoms with Gasteiger partial charge in [-0.05, 0) is 72.0 Å². The fourth-order valence-corrected chi connectivity index (χ4v) is 4.76. The number of fused-ring (bicyclic) bond motifs is 1. The first-order valence-corrected chi connectivity index (χ1v) is 13.8. The summed E-state index contributed by atoms with van der Waals surface area (Å²) in [6.07, 6.45) is 4.73. The zero-order chi connectivity index (χ0) is 26.5. The number of para-hydroxylation sites is 1. The number of rotatable bonds is 6. The molecule has 0 spiro atoms. The zero-order valence-electron chi connectivity index (χ0n) is 21.5. The van der Waals surface area contributed by atoms with Crippen molar-refractivity contribution in [1.29, 1.82) is 0 Å². The van der Waals surface area contributed by atoms with E-state index in [-0.39, 0.29) is 5.91 Å². The molecule has 1 aliphatic rings. The van der Waals surface area contributed by atoms with Crippen molar-refractivity contribution in [3.05, 3.63) is 64.6 Å². The summed E-state index contributed by atoms with van der Waals surface area (Å²) in [5, 5.41) is 10.7. The van der Waals surface area contributed by atoms with Gasteiger partial charge in [0.2, 0.25) is 5.91 Å². The Balaban J connectivity index is 1.52. The minimum absolute atomic E-state index is 0.0145. The van der Waals surface area contributed by atoms with Crippen LogP contribution in [0.25, 0.3) is 33.7 Å². The van der Waals surface area contributed by atoms with E-state index in [9.17, 15) is 4.79 Å². The van der Waals surface area contributed by atoms with Gasteiger partial charge in [0.15, 0.2) is 5.82 Å². The molecule has 1 fully saturated rings. The van der Waals surface area contributed by atoms with Crippen LogP contribution in [-0.4, -0.2) is 69.2 Å². The molecule has 0 atom stereocenters. The van der Waals surface area contributed by atoms with Crippen LogP contribution >= 0.6 is 22.6 Å². The maximum absolute atomic E-state index is 12.1. The number of pyridine rings is 1. The Hall–Kier alpha value is -3.51. The van der Waals surface area contributed by atoms with Crippen molar-refractivity contribution in [3.8, 4) is 22.6 Å². The number of H-pyrrole nitrogens is 2. The predicted molar refractivity (Wildman–Crippen MR) is 160 cm³/mol. The molecular weight excluding hydrogens is 591 g/mol. The number of likely N-dealkylation sites (N-methyl/N-ethyl adjacent to an activating group) is 1. The maximum Gasteiger partial charge on any atom is 0.224 e. The van der Waals surface area contributed by atoms with Gasteiger partial charge in [0.05, 0.1) is 26.8 Å². The highest BCUT2D eigenvalue weighted by molar-refractivity contribution is 14.1. The van der Waals surface area contributed by atoms with E-state index in [1.807, 2.05) is 37.3 Å². The molecule has 38 heavy (non-hydrogen) atoms. The van der Waals surface area contributed by atoms with Crippen molar-refractivity contribution in [2.24, 2.45) is 0 Å². The predicted octanol–water partition coefficient (Wildman–Crippen LogP) is 5.23. The third-order valence-electron chi connectivity index (χ3n) is 6.52. The standard InChI is InChI=1S/C28H31IN8O/c1-3-5-26(38)31-21-16-20(17-30-18-21)19-8-10-23(34-35-25(29)11-9-19)28-32-22-6-4-7-24(27(22)33-28)37-14-12-36(2)13-15-37/h4,6-11,16-18,35H,3,5,12-15H2,1-2H3,(H,31,38)(H,32,33). The van der Waals surface area contributed by atoms with E-state index in [1.165, 1.54) is 0 Å². The third kappa shape index (κ3) is 6.13. The first kappa shape index (κ1) is 26.1. The van der Waals surface area contributed by atoms with Crippen LogP contribution in [0.15, 0.2) is 60.9 Å². The van der Waals surface area contributed by atoms with Crippen molar-refractivity contribution in [2.45, 2.75) is 19.8 Å². The van der Waals surface area contributed by atoms with Crippen molar-refractivity contribution in [3.63, 3.8) is 0 Å². The van der Waals surface area contributed by atoms with Gasteiger partial charge in [-0.1, -0.05) is 25.1 Å². The van der Waals surface area contributed by atoms with Gasteiger partial charge in [-0.3, -0.25) is 14.9 Å². The van der Waals surface area contributed by atoms with Gasteiger partial charge in [0.25, 0.3) is 0 Å². The molecule has 1 aromatic carbocycles. The van der Waals surface area contributed by atoms with E-state index in [2.05, 4.69) is 83.1 Å². The van der Waals surface area contributed by atoms with E-state index >= 15 is 0 Å². The van der Waals surface area contributed by atoms with Crippen LogP contribution < -0.4 is 10.2 Å². The lowest BCUT2D eigenvalue weighted by Crippen LogP contribution is -2.44. The number of hydrogen-bond donors (Lipinski definition) is 3. The Kier molecular flexibility index (Phi) is 8.18. The molecule has 4 aromatic rings. The van der Waals surface area contributed by atoms with Crippen molar-refractivity contribution >= 4 is 50.9 Å². The number of amides is 1. The number of carbonyl (C=O) groups is 1. The quantitative estimate of drug-likeness (QED) is 0.255. The molecule has 0 unspecified atom stereocenters. The molecule has 9 nitrogen and oxygen atoms in total. The lowest BCUT2D eigenvalue weighted by molar-refractivity contribution is -0.116. The number of anilines is 2. The number of imidazole rings is 1. The van der Waals surface area contributed by atoms with Crippen LogP contribution in [0.2, 0.25) is 0 Å². The van der Waals surface area contributed by atoms with Crippen molar-refractivity contribution < 1.29 is 4.79 Å². The average molecular weight is 623 g/mol. The topological polar surface area (TPSA) is 106 Å². The minimum atomic E-state index is -0.0145. The number of nitrogens with zero attached hydrogens (tertiary/aromatic N) is 5. The van der Waals surface area contributed by atoms with Gasteiger partial charge >= 0.3 is 0 Å². The average Bonchev–Trinajstić information content (AvgIpc) is 3.38. The van der Waals surface area contributed by atoms with Crippen molar-refractivity contribution in [1.82, 2.24) is 30.0 Å². The van der Waals surface area contributed by atoms with E-state index < -0.39 is 0 Å². The fraction of sp³-hybridized carbons (Fsp3) is 0.286. The first-order chi connectivity index (χ1) is 18.5. The molecule has 4 heterocycles. The lowest BCUT2D eigenvalue weighted by Gasteiger charge is -2.34. The Bertz CT molecular complexity index is 1490. The Morgan fingerprint density at radius 3 is 2.68 bits per heavy atom. The molecule has 1 amide bonds. The van der Waals surface area contributed by atoms with Gasteiger partial charge in [0, 0.05) is 44.4 Å². The summed E-state index contributed by atoms with van der Waals surface area (Å²) in [6, 6.07) is 16.1. The van der Waals surface area contributed by atoms with Crippen molar-refractivity contribution in [2.75, 3.05) is 43.4 Å². The number of hydrogen-bond acceptors (Lipinski definition) is 6. The molecule has 5 rings (SSSR count). The van der Waals surface area contributed by atoms with Crippen LogP contribution in [-0.2, 0) is 4.79 Å². The van der Waals surface area contributed by atoms with Crippen LogP contribution in [0.1, 0.15) is 19.8 Å². The Labute approximate surface area is 235 Å². The van der Waals surface area contributed by atoms with Crippen LogP contribution in [0.5, 0.6) is 0 Å². The number of carbonyl (C=O) groups excluding carboxylic acids is 1. The SMILES string of the molecule is CCCC(=O)Nc1cncc(-c2ccc(-c3nc4c(N5CCN(C)CC5)cccc4[nH]3)n[nH]c(I)cc2)c1. The van der Waals surface area contributed by atoms with Gasteiger partial charge in [-0.15, -0.1) is 0 Å². The number of benzene rings is 1. The lowest BCUT2D eigenvalue weighted by atomic mass is 10.1. The third-order valence-corrected chi connectivity index (χ3v) is 7.12. The molecule has 1 aliphatic heterocycles. The van der Waals surface area contributed by atoms with Crippen LogP contribution in [0.4, 0.5) is 11.4 Å². The number of piperazine rings is 1. The molecule has 3 aromatic heterocycles. The van der Waals surface area contributed by atoms with E-state index in [4.69, 9.17) is 4.98 Å². The molecule has 1 saturated heterocycles. The number of aromatic nitrogens is 5. The Morgan fingerprint density at radius 2 is 1.87 bits per heavy atom. The maximum atomic E-state index is 12.1. The second-order valence-corrected chi connectivity index (χ2v) is 10.6. The molecule has 196 valence electrons. The van der Waals surface area contributed by atoms with Gasteiger partial charge in [0.1, 0.15) is 11.2 Å². The smallest absolute Gasteiger partial charge is 0.224 e. The summed E-state index contributed by atoms with van der Waals surface area (Å²) in [4.78, 5) is 29.6. The molecule has 0 radical (unpaired) electrons. The van der Waals surface area contributed by atoms with E-state index in [0.29, 0.717) is 23.6 Å². The van der Waals surface area contributed by atoms with E-state index in [0.717, 1.165) is 64.1 Å². The Morgan fingerprint density at radius 1 is 1.05 bits per heavy atom. The molecule has 0 aliphatic carbocycles. The number of nitrogens with one attached hydrogen (secondary N) is 3. The van der Waals surface area contributed by atoms with Gasteiger partial charge in [-0.2, -0.15) is 5.10 Å². The fourth-order valence-electron chi connectivity index (χ4n) is 4.46. The van der Waals surface area contributed by atoms with E-state index in [1.54, 1.807) is 12.4 Å². The van der Waals surface area contributed by atoms with Crippen LogP contribution in [0, 0.1) is 3.70 Å². The first-order valence-electron chi connectivity index (χ1n) is 12.8. The number of aromatic amines is 2. The molecular formula is C28H31IN8O. The highest BCUT2D eigenvalue weighted by Crippen LogP contribution is 2.29. The zero-order valence-corrected chi connectivity index (χ0v) is 23.7.